The molecule has 0 spiro atoms. The molecule has 15 heavy (non-hydrogen) atoms. The van der Waals surface area contributed by atoms with Crippen molar-refractivity contribution in [2.75, 3.05) is 0 Å². The van der Waals surface area contributed by atoms with Crippen LogP contribution >= 0.6 is 0 Å². The van der Waals surface area contributed by atoms with Crippen LogP contribution in [-0.4, -0.2) is 16.3 Å². The maximum absolute atomic E-state index is 12.5. The first-order valence-electron chi connectivity index (χ1n) is 4.03. The average Bonchev–Trinajstić information content (AvgIpc) is 2.57. The van der Waals surface area contributed by atoms with Crippen molar-refractivity contribution in [3.05, 3.63) is 29.6 Å². The van der Waals surface area contributed by atoms with Gasteiger partial charge >= 0.3 is 6.18 Å². The van der Waals surface area contributed by atoms with E-state index in [-0.39, 0.29) is 16.9 Å². The number of carbonyl (C=O) groups excluding carboxylic acids is 1. The highest BCUT2D eigenvalue weighted by molar-refractivity contribution is 5.84. The number of imidazole rings is 1. The molecule has 0 radical (unpaired) electrons. The second-order valence-electron chi connectivity index (χ2n) is 2.94. The Kier molecular flexibility index (Phi) is 1.99. The molecule has 78 valence electrons. The Hall–Kier alpha value is -1.85. The Balaban J connectivity index is 2.75. The van der Waals surface area contributed by atoms with Crippen molar-refractivity contribution in [2.45, 2.75) is 6.18 Å². The number of aldehydes is 1. The molecule has 1 heterocycles. The van der Waals surface area contributed by atoms with E-state index in [4.69, 9.17) is 0 Å². The standard InChI is InChI=1S/C9H5F3N2O/c10-9(11,12)5-2-1-3-6-8(5)14-7(4-15)13-6/h1-4H,(H,13,14). The van der Waals surface area contributed by atoms with E-state index >= 15 is 0 Å². The lowest BCUT2D eigenvalue weighted by Crippen LogP contribution is -2.05. The van der Waals surface area contributed by atoms with E-state index in [9.17, 15) is 18.0 Å². The maximum atomic E-state index is 12.5. The fraction of sp³-hybridized carbons (Fsp3) is 0.111. The number of para-hydroxylation sites is 1. The lowest BCUT2D eigenvalue weighted by molar-refractivity contribution is -0.136. The molecule has 0 atom stereocenters. The van der Waals surface area contributed by atoms with Crippen molar-refractivity contribution in [2.24, 2.45) is 0 Å². The summed E-state index contributed by atoms with van der Waals surface area (Å²) in [5, 5.41) is 0. The molecule has 0 amide bonds. The molecule has 0 saturated heterocycles. The van der Waals surface area contributed by atoms with Gasteiger partial charge in [0.1, 0.15) is 5.52 Å². The first-order valence-corrected chi connectivity index (χ1v) is 4.03. The van der Waals surface area contributed by atoms with Crippen molar-refractivity contribution < 1.29 is 18.0 Å². The van der Waals surface area contributed by atoms with Crippen LogP contribution in [0.25, 0.3) is 11.0 Å². The van der Waals surface area contributed by atoms with E-state index in [2.05, 4.69) is 9.97 Å². The predicted octanol–water partition coefficient (Wildman–Crippen LogP) is 2.39. The number of benzene rings is 1. The largest absolute Gasteiger partial charge is 0.418 e. The lowest BCUT2D eigenvalue weighted by Gasteiger charge is -2.05. The number of hydrogen-bond donors (Lipinski definition) is 1. The second-order valence-corrected chi connectivity index (χ2v) is 2.94. The monoisotopic (exact) mass is 214 g/mol. The molecule has 0 unspecified atom stereocenters. The molecule has 2 rings (SSSR count). The fourth-order valence-corrected chi connectivity index (χ4v) is 1.34. The van der Waals surface area contributed by atoms with Crippen molar-refractivity contribution in [3.63, 3.8) is 0 Å². The summed E-state index contributed by atoms with van der Waals surface area (Å²) in [6.07, 6.45) is -4.09. The highest BCUT2D eigenvalue weighted by Crippen LogP contribution is 2.33. The van der Waals surface area contributed by atoms with E-state index in [1.807, 2.05) is 0 Å². The van der Waals surface area contributed by atoms with Crippen LogP contribution in [0.5, 0.6) is 0 Å². The first-order chi connectivity index (χ1) is 7.02. The number of hydrogen-bond acceptors (Lipinski definition) is 2. The molecular weight excluding hydrogens is 209 g/mol. The highest BCUT2D eigenvalue weighted by atomic mass is 19.4. The third kappa shape index (κ3) is 1.58. The SMILES string of the molecule is O=Cc1nc2c(C(F)(F)F)cccc2[nH]1. The number of aromatic nitrogens is 2. The number of nitrogens with one attached hydrogen (secondary N) is 1. The molecule has 0 fully saturated rings. The summed E-state index contributed by atoms with van der Waals surface area (Å²) in [5.41, 5.74) is -0.872. The lowest BCUT2D eigenvalue weighted by atomic mass is 10.2. The molecule has 6 heteroatoms. The van der Waals surface area contributed by atoms with E-state index in [1.54, 1.807) is 0 Å². The van der Waals surface area contributed by atoms with Crippen LogP contribution in [0, 0.1) is 0 Å². The topological polar surface area (TPSA) is 45.8 Å². The normalized spacial score (nSPS) is 11.9. The van der Waals surface area contributed by atoms with Crippen LogP contribution in [0.3, 0.4) is 0 Å². The molecule has 0 aliphatic rings. The van der Waals surface area contributed by atoms with Crippen molar-refractivity contribution >= 4 is 17.3 Å². The summed E-state index contributed by atoms with van der Waals surface area (Å²) >= 11 is 0. The molecule has 3 nitrogen and oxygen atoms in total. The number of nitrogens with zero attached hydrogens (tertiary/aromatic N) is 1. The quantitative estimate of drug-likeness (QED) is 0.741. The minimum atomic E-state index is -4.46. The summed E-state index contributed by atoms with van der Waals surface area (Å²) < 4.78 is 37.5. The predicted molar refractivity (Wildman–Crippen MR) is 46.5 cm³/mol. The van der Waals surface area contributed by atoms with Crippen molar-refractivity contribution in [1.29, 1.82) is 0 Å². The molecule has 0 bridgehead atoms. The van der Waals surface area contributed by atoms with Crippen molar-refractivity contribution in [1.82, 2.24) is 9.97 Å². The number of carbonyl (C=O) groups is 1. The number of fused-ring (bicyclic) bond motifs is 1. The summed E-state index contributed by atoms with van der Waals surface area (Å²) in [6.45, 7) is 0. The first kappa shape index (κ1) is 9.70. The van der Waals surface area contributed by atoms with Gasteiger partial charge in [-0.3, -0.25) is 4.79 Å². The van der Waals surface area contributed by atoms with Gasteiger partial charge in [0.15, 0.2) is 12.1 Å². The van der Waals surface area contributed by atoms with Gasteiger partial charge in [-0.2, -0.15) is 13.2 Å². The summed E-state index contributed by atoms with van der Waals surface area (Å²) in [4.78, 5) is 16.4. The number of aromatic amines is 1. The van der Waals surface area contributed by atoms with Gasteiger partial charge in [-0.15, -0.1) is 0 Å². The zero-order valence-corrected chi connectivity index (χ0v) is 7.30. The molecule has 2 aromatic rings. The van der Waals surface area contributed by atoms with E-state index in [1.165, 1.54) is 12.1 Å². The Morgan fingerprint density at radius 1 is 1.33 bits per heavy atom. The van der Waals surface area contributed by atoms with Crippen molar-refractivity contribution in [3.8, 4) is 0 Å². The number of halogens is 3. The van der Waals surface area contributed by atoms with Gasteiger partial charge < -0.3 is 4.98 Å². The van der Waals surface area contributed by atoms with Crippen LogP contribution in [0.15, 0.2) is 18.2 Å². The molecule has 0 aliphatic heterocycles. The molecular formula is C9H5F3N2O. The smallest absolute Gasteiger partial charge is 0.336 e. The molecule has 1 aromatic carbocycles. The maximum Gasteiger partial charge on any atom is 0.418 e. The number of alkyl halides is 3. The highest BCUT2D eigenvalue weighted by Gasteiger charge is 2.33. The molecule has 1 aromatic heterocycles. The third-order valence-corrected chi connectivity index (χ3v) is 1.95. The summed E-state index contributed by atoms with van der Waals surface area (Å²) in [5.74, 6) is -0.110. The van der Waals surface area contributed by atoms with Crippen LogP contribution in [0.1, 0.15) is 16.2 Å². The molecule has 0 saturated carbocycles. The summed E-state index contributed by atoms with van der Waals surface area (Å²) in [7, 11) is 0. The molecule has 0 aliphatic carbocycles. The Bertz CT molecular complexity index is 516. The zero-order chi connectivity index (χ0) is 11.1. The van der Waals surface area contributed by atoms with E-state index in [0.29, 0.717) is 6.29 Å². The minimum Gasteiger partial charge on any atom is -0.336 e. The number of rotatable bonds is 1. The van der Waals surface area contributed by atoms with Crippen LogP contribution in [0.4, 0.5) is 13.2 Å². The Morgan fingerprint density at radius 3 is 2.67 bits per heavy atom. The van der Waals surface area contributed by atoms with E-state index in [0.717, 1.165) is 6.07 Å². The van der Waals surface area contributed by atoms with Crippen LogP contribution in [0.2, 0.25) is 0 Å². The number of H-pyrrole nitrogens is 1. The van der Waals surface area contributed by atoms with Gasteiger partial charge in [-0.25, -0.2) is 4.98 Å². The molecule has 1 N–H and O–H groups in total. The average molecular weight is 214 g/mol. The van der Waals surface area contributed by atoms with Gasteiger partial charge in [-0.05, 0) is 12.1 Å². The third-order valence-electron chi connectivity index (χ3n) is 1.95. The zero-order valence-electron chi connectivity index (χ0n) is 7.30. The summed E-state index contributed by atoms with van der Waals surface area (Å²) in [6, 6.07) is 3.63. The minimum absolute atomic E-state index is 0.110. The van der Waals surface area contributed by atoms with Crippen LogP contribution in [-0.2, 0) is 6.18 Å². The van der Waals surface area contributed by atoms with Gasteiger partial charge in [0.05, 0.1) is 11.1 Å². The second kappa shape index (κ2) is 3.08. The van der Waals surface area contributed by atoms with E-state index < -0.39 is 11.7 Å². The van der Waals surface area contributed by atoms with Gasteiger partial charge in [-0.1, -0.05) is 6.07 Å². The Labute approximate surface area is 81.9 Å². The van der Waals surface area contributed by atoms with Gasteiger partial charge in [0.25, 0.3) is 0 Å². The van der Waals surface area contributed by atoms with Gasteiger partial charge in [0.2, 0.25) is 0 Å². The fourth-order valence-electron chi connectivity index (χ4n) is 1.34. The van der Waals surface area contributed by atoms with Crippen LogP contribution < -0.4 is 0 Å². The Morgan fingerprint density at radius 2 is 2.07 bits per heavy atom. The van der Waals surface area contributed by atoms with Gasteiger partial charge in [0, 0.05) is 0 Å².